The summed E-state index contributed by atoms with van der Waals surface area (Å²) in [6, 6.07) is 14.9. The third-order valence-corrected chi connectivity index (χ3v) is 5.49. The van der Waals surface area contributed by atoms with E-state index in [1.165, 1.54) is 6.08 Å². The minimum absolute atomic E-state index is 0.192. The van der Waals surface area contributed by atoms with Crippen molar-refractivity contribution in [3.8, 4) is 11.1 Å². The molecule has 5 aromatic rings. The van der Waals surface area contributed by atoms with Gasteiger partial charge >= 0.3 is 0 Å². The number of hydrogen-bond donors (Lipinski definition) is 3. The smallest absolute Gasteiger partial charge is 0.251 e. The van der Waals surface area contributed by atoms with Crippen LogP contribution in [-0.4, -0.2) is 36.6 Å². The zero-order chi connectivity index (χ0) is 23.5. The minimum Gasteiger partial charge on any atom is -0.348 e. The largest absolute Gasteiger partial charge is 0.348 e. The highest BCUT2D eigenvalue weighted by Crippen LogP contribution is 2.30. The van der Waals surface area contributed by atoms with E-state index in [0.29, 0.717) is 18.7 Å². The van der Waals surface area contributed by atoms with Crippen molar-refractivity contribution in [3.63, 3.8) is 0 Å². The molecule has 0 aliphatic carbocycles. The summed E-state index contributed by atoms with van der Waals surface area (Å²) in [6.45, 7) is 4.12. The molecule has 4 aromatic heterocycles. The molecule has 0 fully saturated rings. The molecule has 0 aliphatic rings. The molecule has 5 rings (SSSR count). The first-order valence-electron chi connectivity index (χ1n) is 10.7. The summed E-state index contributed by atoms with van der Waals surface area (Å²) in [7, 11) is 0. The fourth-order valence-electron chi connectivity index (χ4n) is 3.76. The summed E-state index contributed by atoms with van der Waals surface area (Å²) in [5, 5.41) is 15.1. The zero-order valence-corrected chi connectivity index (χ0v) is 18.2. The Balaban J connectivity index is 1.30. The summed E-state index contributed by atoms with van der Waals surface area (Å²) < 4.78 is 1.59. The highest BCUT2D eigenvalue weighted by atomic mass is 16.2. The fraction of sp³-hybridized carbons (Fsp3) is 0.0800. The number of aromatic amines is 1. The Morgan fingerprint density at radius 1 is 1.00 bits per heavy atom. The lowest BCUT2D eigenvalue weighted by molar-refractivity contribution is -0.116. The van der Waals surface area contributed by atoms with Crippen molar-refractivity contribution in [1.82, 2.24) is 35.4 Å². The van der Waals surface area contributed by atoms with Gasteiger partial charge in [0.25, 0.3) is 5.91 Å². The number of nitrogens with one attached hydrogen (secondary N) is 3. The van der Waals surface area contributed by atoms with Crippen LogP contribution in [0, 0.1) is 0 Å². The Bertz CT molecular complexity index is 1520. The van der Waals surface area contributed by atoms with Crippen molar-refractivity contribution in [2.24, 2.45) is 0 Å². The summed E-state index contributed by atoms with van der Waals surface area (Å²) >= 11 is 0. The topological polar surface area (TPSA) is 117 Å². The lowest BCUT2D eigenvalue weighted by Crippen LogP contribution is -2.23. The average molecular weight is 451 g/mol. The number of hydrogen-bond acceptors (Lipinski definition) is 5. The van der Waals surface area contributed by atoms with Gasteiger partial charge in [-0.3, -0.25) is 9.59 Å². The van der Waals surface area contributed by atoms with Crippen LogP contribution < -0.4 is 10.6 Å². The normalized spacial score (nSPS) is 10.9. The van der Waals surface area contributed by atoms with Crippen molar-refractivity contribution < 1.29 is 9.59 Å². The van der Waals surface area contributed by atoms with Crippen LogP contribution in [0.25, 0.3) is 27.7 Å². The van der Waals surface area contributed by atoms with Gasteiger partial charge in [-0.15, -0.1) is 0 Å². The minimum atomic E-state index is -0.240. The SMILES string of the molecule is C=CC(=O)NCc1ccc(C(=O)NCc2cc3c(-c4cnn5ncccc45)ccnc3[nH]2)cc1. The predicted octanol–water partition coefficient (Wildman–Crippen LogP) is 3.00. The Labute approximate surface area is 194 Å². The third kappa shape index (κ3) is 4.14. The molecule has 0 spiro atoms. The van der Waals surface area contributed by atoms with Gasteiger partial charge in [0, 0.05) is 41.1 Å². The second-order valence-corrected chi connectivity index (χ2v) is 7.67. The summed E-state index contributed by atoms with van der Waals surface area (Å²) in [6.07, 6.45) is 6.45. The van der Waals surface area contributed by atoms with E-state index >= 15 is 0 Å². The van der Waals surface area contributed by atoms with Crippen molar-refractivity contribution in [2.45, 2.75) is 13.1 Å². The molecule has 1 aromatic carbocycles. The van der Waals surface area contributed by atoms with E-state index in [1.54, 1.807) is 35.4 Å². The van der Waals surface area contributed by atoms with Gasteiger partial charge in [0.2, 0.25) is 5.91 Å². The quantitative estimate of drug-likeness (QED) is 0.329. The van der Waals surface area contributed by atoms with Crippen LogP contribution in [0.1, 0.15) is 21.6 Å². The Kier molecular flexibility index (Phi) is 5.57. The molecular weight excluding hydrogens is 430 g/mol. The van der Waals surface area contributed by atoms with Gasteiger partial charge in [-0.25, -0.2) is 4.98 Å². The first kappa shape index (κ1) is 21.1. The van der Waals surface area contributed by atoms with E-state index < -0.39 is 0 Å². The van der Waals surface area contributed by atoms with E-state index in [-0.39, 0.29) is 11.8 Å². The fourth-order valence-corrected chi connectivity index (χ4v) is 3.76. The van der Waals surface area contributed by atoms with Crippen molar-refractivity contribution in [3.05, 3.63) is 96.6 Å². The first-order chi connectivity index (χ1) is 16.6. The molecule has 0 bridgehead atoms. The molecule has 0 aliphatic heterocycles. The number of amides is 2. The second kappa shape index (κ2) is 8.99. The molecule has 0 unspecified atom stereocenters. The van der Waals surface area contributed by atoms with Crippen LogP contribution in [0.2, 0.25) is 0 Å². The molecule has 34 heavy (non-hydrogen) atoms. The highest BCUT2D eigenvalue weighted by Gasteiger charge is 2.14. The predicted molar refractivity (Wildman–Crippen MR) is 128 cm³/mol. The molecule has 0 atom stereocenters. The van der Waals surface area contributed by atoms with Crippen LogP contribution in [0.3, 0.4) is 0 Å². The number of rotatable bonds is 7. The molecule has 9 heteroatoms. The number of H-pyrrole nitrogens is 1. The number of carbonyl (C=O) groups excluding carboxylic acids is 2. The molecule has 4 heterocycles. The lowest BCUT2D eigenvalue weighted by atomic mass is 10.1. The van der Waals surface area contributed by atoms with E-state index in [4.69, 9.17) is 0 Å². The standard InChI is InChI=1S/C25H21N7O2/c1-2-23(33)27-13-16-5-7-17(8-6-16)25(34)28-14-18-12-20-19(9-11-26-24(20)31-18)21-15-30-32-22(21)4-3-10-29-32/h2-12,15H,1,13-14H2,(H,26,31)(H,27,33)(H,28,34). The van der Waals surface area contributed by atoms with Gasteiger partial charge in [0.05, 0.1) is 18.3 Å². The molecule has 0 radical (unpaired) electrons. The molecule has 168 valence electrons. The van der Waals surface area contributed by atoms with E-state index in [1.807, 2.05) is 36.4 Å². The van der Waals surface area contributed by atoms with E-state index in [0.717, 1.165) is 38.9 Å². The van der Waals surface area contributed by atoms with Gasteiger partial charge in [0.15, 0.2) is 0 Å². The number of aromatic nitrogens is 5. The molecule has 0 saturated heterocycles. The second-order valence-electron chi connectivity index (χ2n) is 7.67. The summed E-state index contributed by atoms with van der Waals surface area (Å²) in [4.78, 5) is 31.6. The molecule has 9 nitrogen and oxygen atoms in total. The number of carbonyl (C=O) groups is 2. The van der Waals surface area contributed by atoms with Crippen molar-refractivity contribution in [2.75, 3.05) is 0 Å². The van der Waals surface area contributed by atoms with Gasteiger partial charge < -0.3 is 15.6 Å². The maximum absolute atomic E-state index is 12.6. The highest BCUT2D eigenvalue weighted by molar-refractivity contribution is 5.98. The monoisotopic (exact) mass is 451 g/mol. The Morgan fingerprint density at radius 2 is 1.85 bits per heavy atom. The molecule has 2 amide bonds. The van der Waals surface area contributed by atoms with Crippen LogP contribution in [0.15, 0.2) is 79.8 Å². The summed E-state index contributed by atoms with van der Waals surface area (Å²) in [5.74, 6) is -0.432. The van der Waals surface area contributed by atoms with Crippen molar-refractivity contribution >= 4 is 28.4 Å². The van der Waals surface area contributed by atoms with Gasteiger partial charge in [-0.1, -0.05) is 18.7 Å². The Hall–Kier alpha value is -4.79. The van der Waals surface area contributed by atoms with Gasteiger partial charge in [0.1, 0.15) is 5.65 Å². The maximum atomic E-state index is 12.6. The number of nitrogens with zero attached hydrogens (tertiary/aromatic N) is 4. The first-order valence-corrected chi connectivity index (χ1v) is 10.7. The molecule has 0 saturated carbocycles. The molecule has 3 N–H and O–H groups in total. The molecular formula is C25H21N7O2. The van der Waals surface area contributed by atoms with Crippen molar-refractivity contribution in [1.29, 1.82) is 0 Å². The van der Waals surface area contributed by atoms with Crippen LogP contribution >= 0.6 is 0 Å². The number of fused-ring (bicyclic) bond motifs is 2. The van der Waals surface area contributed by atoms with E-state index in [9.17, 15) is 9.59 Å². The van der Waals surface area contributed by atoms with Crippen LogP contribution in [0.4, 0.5) is 0 Å². The third-order valence-electron chi connectivity index (χ3n) is 5.49. The lowest BCUT2D eigenvalue weighted by Gasteiger charge is -2.06. The van der Waals surface area contributed by atoms with E-state index in [2.05, 4.69) is 37.4 Å². The average Bonchev–Trinajstić information content (AvgIpc) is 3.50. The van der Waals surface area contributed by atoms with Crippen LogP contribution in [-0.2, 0) is 17.9 Å². The van der Waals surface area contributed by atoms with Crippen LogP contribution in [0.5, 0.6) is 0 Å². The zero-order valence-electron chi connectivity index (χ0n) is 18.2. The maximum Gasteiger partial charge on any atom is 0.251 e. The Morgan fingerprint density at radius 3 is 2.68 bits per heavy atom. The summed E-state index contributed by atoms with van der Waals surface area (Å²) in [5.41, 5.74) is 5.84. The van der Waals surface area contributed by atoms with Gasteiger partial charge in [-0.2, -0.15) is 14.8 Å². The van der Waals surface area contributed by atoms with Gasteiger partial charge in [-0.05, 0) is 53.6 Å². The number of benzene rings is 1. The number of pyridine rings is 1.